The van der Waals surface area contributed by atoms with Crippen molar-refractivity contribution in [3.63, 3.8) is 0 Å². The fourth-order valence-corrected chi connectivity index (χ4v) is 2.72. The van der Waals surface area contributed by atoms with Gasteiger partial charge in [0.15, 0.2) is 0 Å². The van der Waals surface area contributed by atoms with Crippen LogP contribution < -0.4 is 14.4 Å². The van der Waals surface area contributed by atoms with Crippen molar-refractivity contribution in [1.82, 2.24) is 0 Å². The largest absolute Gasteiger partial charge is 0.497 e. The van der Waals surface area contributed by atoms with E-state index in [0.29, 0.717) is 6.10 Å². The fourth-order valence-electron chi connectivity index (χ4n) is 2.72. The normalized spacial score (nSPS) is 15.8. The lowest BCUT2D eigenvalue weighted by atomic mass is 10.1. The Labute approximate surface area is 126 Å². The minimum absolute atomic E-state index is 0.304. The molecule has 0 amide bonds. The average Bonchev–Trinajstić information content (AvgIpc) is 2.57. The molecule has 0 radical (unpaired) electrons. The Balaban J connectivity index is 1.53. The van der Waals surface area contributed by atoms with Gasteiger partial charge < -0.3 is 14.4 Å². The first kappa shape index (κ1) is 13.8. The molecular formula is C18H21NO2. The van der Waals surface area contributed by atoms with Crippen LogP contribution in [0.3, 0.4) is 0 Å². The van der Waals surface area contributed by atoms with E-state index < -0.39 is 0 Å². The molecule has 0 unspecified atom stereocenters. The first-order valence-corrected chi connectivity index (χ1v) is 7.46. The van der Waals surface area contributed by atoms with Gasteiger partial charge in [0.05, 0.1) is 7.11 Å². The van der Waals surface area contributed by atoms with Crippen LogP contribution in [0.2, 0.25) is 0 Å². The van der Waals surface area contributed by atoms with Gasteiger partial charge in [-0.15, -0.1) is 0 Å². The van der Waals surface area contributed by atoms with Gasteiger partial charge >= 0.3 is 0 Å². The van der Waals surface area contributed by atoms with Gasteiger partial charge in [-0.1, -0.05) is 18.2 Å². The Kier molecular flexibility index (Phi) is 4.29. The topological polar surface area (TPSA) is 21.7 Å². The Hall–Kier alpha value is -2.16. The second-order valence-corrected chi connectivity index (χ2v) is 5.32. The standard InChI is InChI=1S/C18H21NO2/c1-20-16-7-9-17(10-8-16)21-18-11-13-19(14-12-18)15-5-3-2-4-6-15/h2-10,18H,11-14H2,1H3. The summed E-state index contributed by atoms with van der Waals surface area (Å²) in [5.41, 5.74) is 1.31. The van der Waals surface area contributed by atoms with Gasteiger partial charge in [-0.25, -0.2) is 0 Å². The van der Waals surface area contributed by atoms with Crippen molar-refractivity contribution in [1.29, 1.82) is 0 Å². The number of para-hydroxylation sites is 1. The van der Waals surface area contributed by atoms with Crippen LogP contribution in [-0.4, -0.2) is 26.3 Å². The minimum Gasteiger partial charge on any atom is -0.497 e. The minimum atomic E-state index is 0.304. The van der Waals surface area contributed by atoms with Crippen LogP contribution in [0.5, 0.6) is 11.5 Å². The summed E-state index contributed by atoms with van der Waals surface area (Å²) in [6.07, 6.45) is 2.42. The molecule has 1 saturated heterocycles. The van der Waals surface area contributed by atoms with Gasteiger partial charge in [0.25, 0.3) is 0 Å². The Morgan fingerprint density at radius 1 is 0.857 bits per heavy atom. The van der Waals surface area contributed by atoms with E-state index in [-0.39, 0.29) is 0 Å². The van der Waals surface area contributed by atoms with Crippen LogP contribution in [0.25, 0.3) is 0 Å². The molecule has 0 bridgehead atoms. The number of rotatable bonds is 4. The highest BCUT2D eigenvalue weighted by molar-refractivity contribution is 5.46. The van der Waals surface area contributed by atoms with E-state index in [1.54, 1.807) is 7.11 Å². The Morgan fingerprint density at radius 3 is 2.10 bits per heavy atom. The maximum Gasteiger partial charge on any atom is 0.119 e. The van der Waals surface area contributed by atoms with Gasteiger partial charge in [0.1, 0.15) is 17.6 Å². The van der Waals surface area contributed by atoms with Crippen molar-refractivity contribution >= 4 is 5.69 Å². The number of methoxy groups -OCH3 is 1. The lowest BCUT2D eigenvalue weighted by molar-refractivity contribution is 0.171. The number of benzene rings is 2. The lowest BCUT2D eigenvalue weighted by Gasteiger charge is -2.33. The maximum absolute atomic E-state index is 6.06. The van der Waals surface area contributed by atoms with E-state index in [9.17, 15) is 0 Å². The van der Waals surface area contributed by atoms with Crippen molar-refractivity contribution < 1.29 is 9.47 Å². The molecule has 1 aliphatic heterocycles. The van der Waals surface area contributed by atoms with E-state index in [1.807, 2.05) is 24.3 Å². The van der Waals surface area contributed by atoms with Gasteiger partial charge in [-0.3, -0.25) is 0 Å². The van der Waals surface area contributed by atoms with Crippen LogP contribution in [0.1, 0.15) is 12.8 Å². The summed E-state index contributed by atoms with van der Waals surface area (Å²) in [5.74, 6) is 1.79. The molecule has 110 valence electrons. The zero-order valence-electron chi connectivity index (χ0n) is 12.4. The third-order valence-corrected chi connectivity index (χ3v) is 3.93. The second-order valence-electron chi connectivity index (χ2n) is 5.32. The molecule has 3 heteroatoms. The smallest absolute Gasteiger partial charge is 0.119 e. The summed E-state index contributed by atoms with van der Waals surface area (Å²) in [6.45, 7) is 2.09. The third-order valence-electron chi connectivity index (χ3n) is 3.93. The van der Waals surface area contributed by atoms with Crippen molar-refractivity contribution in [2.75, 3.05) is 25.1 Å². The molecule has 1 aliphatic rings. The molecule has 0 aliphatic carbocycles. The molecule has 0 N–H and O–H groups in total. The fraction of sp³-hybridized carbons (Fsp3) is 0.333. The molecule has 1 heterocycles. The molecule has 3 nitrogen and oxygen atoms in total. The lowest BCUT2D eigenvalue weighted by Crippen LogP contribution is -2.38. The van der Waals surface area contributed by atoms with E-state index in [4.69, 9.17) is 9.47 Å². The summed E-state index contributed by atoms with van der Waals surface area (Å²) in [4.78, 5) is 2.42. The first-order valence-electron chi connectivity index (χ1n) is 7.46. The molecule has 2 aromatic rings. The Morgan fingerprint density at radius 2 is 1.48 bits per heavy atom. The van der Waals surface area contributed by atoms with E-state index in [0.717, 1.165) is 37.4 Å². The maximum atomic E-state index is 6.06. The quantitative estimate of drug-likeness (QED) is 0.853. The highest BCUT2D eigenvalue weighted by Gasteiger charge is 2.20. The summed E-state index contributed by atoms with van der Waals surface area (Å²) in [7, 11) is 1.68. The molecule has 3 rings (SSSR count). The highest BCUT2D eigenvalue weighted by Crippen LogP contribution is 2.24. The van der Waals surface area contributed by atoms with E-state index in [1.165, 1.54) is 5.69 Å². The summed E-state index contributed by atoms with van der Waals surface area (Å²) in [6, 6.07) is 18.4. The number of hydrogen-bond acceptors (Lipinski definition) is 3. The predicted octanol–water partition coefficient (Wildman–Crippen LogP) is 3.74. The number of ether oxygens (including phenoxy) is 2. The van der Waals surface area contributed by atoms with Gasteiger partial charge in [-0.05, 0) is 36.4 Å². The molecule has 0 spiro atoms. The van der Waals surface area contributed by atoms with Crippen LogP contribution in [0, 0.1) is 0 Å². The van der Waals surface area contributed by atoms with Gasteiger partial charge in [0.2, 0.25) is 0 Å². The van der Waals surface area contributed by atoms with Crippen LogP contribution in [0.4, 0.5) is 5.69 Å². The third kappa shape index (κ3) is 3.48. The van der Waals surface area contributed by atoms with Crippen LogP contribution in [0.15, 0.2) is 54.6 Å². The Bertz CT molecular complexity index is 545. The second kappa shape index (κ2) is 6.53. The molecule has 21 heavy (non-hydrogen) atoms. The monoisotopic (exact) mass is 283 g/mol. The summed E-state index contributed by atoms with van der Waals surface area (Å²) < 4.78 is 11.2. The zero-order valence-corrected chi connectivity index (χ0v) is 12.4. The van der Waals surface area contributed by atoms with E-state index >= 15 is 0 Å². The molecule has 2 aromatic carbocycles. The highest BCUT2D eigenvalue weighted by atomic mass is 16.5. The van der Waals surface area contributed by atoms with Crippen LogP contribution in [-0.2, 0) is 0 Å². The number of hydrogen-bond donors (Lipinski definition) is 0. The molecule has 0 aromatic heterocycles. The van der Waals surface area contributed by atoms with Crippen molar-refractivity contribution in [3.05, 3.63) is 54.6 Å². The molecule has 1 fully saturated rings. The number of piperidine rings is 1. The van der Waals surface area contributed by atoms with Gasteiger partial charge in [-0.2, -0.15) is 0 Å². The predicted molar refractivity (Wildman–Crippen MR) is 85.3 cm³/mol. The van der Waals surface area contributed by atoms with Crippen molar-refractivity contribution in [2.24, 2.45) is 0 Å². The number of nitrogens with zero attached hydrogens (tertiary/aromatic N) is 1. The number of anilines is 1. The van der Waals surface area contributed by atoms with Crippen molar-refractivity contribution in [3.8, 4) is 11.5 Å². The summed E-state index contributed by atoms with van der Waals surface area (Å²) in [5, 5.41) is 0. The van der Waals surface area contributed by atoms with Gasteiger partial charge in [0, 0.05) is 31.6 Å². The van der Waals surface area contributed by atoms with Crippen molar-refractivity contribution in [2.45, 2.75) is 18.9 Å². The molecule has 0 atom stereocenters. The zero-order chi connectivity index (χ0) is 14.5. The van der Waals surface area contributed by atoms with E-state index in [2.05, 4.69) is 35.2 Å². The average molecular weight is 283 g/mol. The van der Waals surface area contributed by atoms with Crippen LogP contribution >= 0.6 is 0 Å². The summed E-state index contributed by atoms with van der Waals surface area (Å²) >= 11 is 0. The first-order chi connectivity index (χ1) is 10.3. The molecular weight excluding hydrogens is 262 g/mol. The molecule has 0 saturated carbocycles. The SMILES string of the molecule is COc1ccc(OC2CCN(c3ccccc3)CC2)cc1.